The van der Waals surface area contributed by atoms with Crippen molar-refractivity contribution in [3.05, 3.63) is 30.1 Å². The van der Waals surface area contributed by atoms with Gasteiger partial charge in [-0.1, -0.05) is 0 Å². The second-order valence-corrected chi connectivity index (χ2v) is 6.75. The fourth-order valence-electron chi connectivity index (χ4n) is 3.62. The summed E-state index contributed by atoms with van der Waals surface area (Å²) in [6.07, 6.45) is -0.728. The van der Waals surface area contributed by atoms with Crippen LogP contribution in [0.3, 0.4) is 0 Å². The maximum absolute atomic E-state index is 13.0. The van der Waals surface area contributed by atoms with Crippen LogP contribution >= 0.6 is 0 Å². The van der Waals surface area contributed by atoms with Crippen molar-refractivity contribution in [3.8, 4) is 0 Å². The van der Waals surface area contributed by atoms with Crippen LogP contribution in [0, 0.1) is 11.7 Å². The summed E-state index contributed by atoms with van der Waals surface area (Å²) in [5, 5.41) is 29.1. The van der Waals surface area contributed by atoms with Crippen LogP contribution in [0.4, 0.5) is 10.1 Å². The third kappa shape index (κ3) is 4.01. The van der Waals surface area contributed by atoms with Gasteiger partial charge in [-0.05, 0) is 43.0 Å². The highest BCUT2D eigenvalue weighted by Crippen LogP contribution is 2.25. The minimum absolute atomic E-state index is 0.215. The number of hydrogen-bond acceptors (Lipinski definition) is 5. The summed E-state index contributed by atoms with van der Waals surface area (Å²) < 4.78 is 13.0. The number of halogens is 1. The fourth-order valence-corrected chi connectivity index (χ4v) is 3.62. The monoisotopic (exact) mass is 324 g/mol. The molecule has 3 rings (SSSR count). The first-order chi connectivity index (χ1) is 11.0. The first-order valence-electron chi connectivity index (χ1n) is 8.30. The number of β-amino-alcohol motifs (C(OH)–C–C–N with tert-alkyl or cyclic N) is 2. The highest BCUT2D eigenvalue weighted by molar-refractivity contribution is 5.46. The van der Waals surface area contributed by atoms with Gasteiger partial charge >= 0.3 is 0 Å². The van der Waals surface area contributed by atoms with Crippen LogP contribution in [-0.4, -0.2) is 71.3 Å². The Balaban J connectivity index is 1.48. The molecule has 1 unspecified atom stereocenters. The lowest BCUT2D eigenvalue weighted by Gasteiger charge is -2.40. The van der Waals surface area contributed by atoms with E-state index in [2.05, 4.69) is 4.90 Å². The van der Waals surface area contributed by atoms with E-state index in [1.165, 1.54) is 12.1 Å². The second-order valence-electron chi connectivity index (χ2n) is 6.75. The summed E-state index contributed by atoms with van der Waals surface area (Å²) in [5.74, 6) is 0.300. The van der Waals surface area contributed by atoms with Gasteiger partial charge in [0.05, 0.1) is 12.2 Å². The topological polar surface area (TPSA) is 67.2 Å². The van der Waals surface area contributed by atoms with Gasteiger partial charge in [0.15, 0.2) is 0 Å². The van der Waals surface area contributed by atoms with E-state index in [0.717, 1.165) is 38.2 Å². The molecule has 0 aromatic heterocycles. The van der Waals surface area contributed by atoms with Crippen LogP contribution in [0.15, 0.2) is 24.3 Å². The Hall–Kier alpha value is -1.21. The molecule has 3 atom stereocenters. The molecule has 1 aromatic carbocycles. The van der Waals surface area contributed by atoms with Crippen LogP contribution < -0.4 is 4.90 Å². The number of aliphatic hydroxyl groups is 3. The zero-order valence-corrected chi connectivity index (χ0v) is 13.2. The van der Waals surface area contributed by atoms with Crippen molar-refractivity contribution < 1.29 is 19.7 Å². The lowest BCUT2D eigenvalue weighted by molar-refractivity contribution is -0.112. The van der Waals surface area contributed by atoms with E-state index in [4.69, 9.17) is 0 Å². The van der Waals surface area contributed by atoms with Crippen LogP contribution in [-0.2, 0) is 0 Å². The first-order valence-corrected chi connectivity index (χ1v) is 8.30. The molecule has 2 aliphatic rings. The third-order valence-electron chi connectivity index (χ3n) is 5.00. The van der Waals surface area contributed by atoms with Gasteiger partial charge in [-0.2, -0.15) is 0 Å². The van der Waals surface area contributed by atoms with Crippen LogP contribution in [0.2, 0.25) is 0 Å². The highest BCUT2D eigenvalue weighted by atomic mass is 19.1. The van der Waals surface area contributed by atoms with Gasteiger partial charge in [-0.3, -0.25) is 4.90 Å². The number of benzene rings is 1. The SMILES string of the molecule is OC1[C@H](O)CN(CC2CCN(c3ccc(F)cc3)CC2)C[C@@H]1O. The molecule has 23 heavy (non-hydrogen) atoms. The number of piperidine rings is 2. The van der Waals surface area contributed by atoms with Gasteiger partial charge in [-0.15, -0.1) is 0 Å². The van der Waals surface area contributed by atoms with Gasteiger partial charge in [0, 0.05) is 38.4 Å². The molecule has 2 saturated heterocycles. The van der Waals surface area contributed by atoms with E-state index in [9.17, 15) is 19.7 Å². The van der Waals surface area contributed by atoms with Gasteiger partial charge in [0.2, 0.25) is 0 Å². The molecule has 2 aliphatic heterocycles. The molecular formula is C17H25FN2O3. The third-order valence-corrected chi connectivity index (χ3v) is 5.00. The molecule has 1 aromatic rings. The standard InChI is InChI=1S/C17H25FN2O3/c18-13-1-3-14(4-2-13)20-7-5-12(6-8-20)9-19-10-15(21)17(23)16(22)11-19/h1-4,12,15-17,21-23H,5-11H2/t15-,16+,17?. The maximum Gasteiger partial charge on any atom is 0.123 e. The van der Waals surface area contributed by atoms with Crippen molar-refractivity contribution in [1.29, 1.82) is 0 Å². The molecule has 128 valence electrons. The summed E-state index contributed by atoms with van der Waals surface area (Å²) in [4.78, 5) is 4.31. The molecule has 2 fully saturated rings. The number of anilines is 1. The van der Waals surface area contributed by atoms with Gasteiger partial charge in [0.25, 0.3) is 0 Å². The minimum Gasteiger partial charge on any atom is -0.389 e. The number of rotatable bonds is 3. The molecule has 5 nitrogen and oxygen atoms in total. The Kier molecular flexibility index (Phi) is 5.16. The van der Waals surface area contributed by atoms with E-state index >= 15 is 0 Å². The maximum atomic E-state index is 13.0. The van der Waals surface area contributed by atoms with Crippen molar-refractivity contribution >= 4 is 5.69 Å². The first kappa shape index (κ1) is 16.6. The van der Waals surface area contributed by atoms with Gasteiger partial charge in [-0.25, -0.2) is 4.39 Å². The molecule has 0 amide bonds. The van der Waals surface area contributed by atoms with Crippen LogP contribution in [0.5, 0.6) is 0 Å². The van der Waals surface area contributed by atoms with Crippen molar-refractivity contribution in [1.82, 2.24) is 4.90 Å². The molecule has 0 radical (unpaired) electrons. The Labute approximate surface area is 136 Å². The summed E-state index contributed by atoms with van der Waals surface area (Å²) in [6.45, 7) is 3.51. The molecular weight excluding hydrogens is 299 g/mol. The largest absolute Gasteiger partial charge is 0.389 e. The second kappa shape index (κ2) is 7.13. The van der Waals surface area contributed by atoms with Crippen molar-refractivity contribution in [2.45, 2.75) is 31.2 Å². The Bertz CT molecular complexity index is 493. The predicted molar refractivity (Wildman–Crippen MR) is 85.8 cm³/mol. The lowest BCUT2D eigenvalue weighted by atomic mass is 9.93. The summed E-state index contributed by atoms with van der Waals surface area (Å²) in [5.41, 5.74) is 1.05. The van der Waals surface area contributed by atoms with Crippen LogP contribution in [0.25, 0.3) is 0 Å². The minimum atomic E-state index is -1.04. The molecule has 0 spiro atoms. The lowest BCUT2D eigenvalue weighted by Crippen LogP contribution is -2.56. The Morgan fingerprint density at radius 2 is 1.52 bits per heavy atom. The Morgan fingerprint density at radius 1 is 0.957 bits per heavy atom. The van der Waals surface area contributed by atoms with Crippen molar-refractivity contribution in [3.63, 3.8) is 0 Å². The average molecular weight is 324 g/mol. The quantitative estimate of drug-likeness (QED) is 0.753. The van der Waals surface area contributed by atoms with E-state index in [1.807, 2.05) is 17.0 Å². The predicted octanol–water partition coefficient (Wildman–Crippen LogP) is 0.440. The number of hydrogen-bond donors (Lipinski definition) is 3. The fraction of sp³-hybridized carbons (Fsp3) is 0.647. The summed E-state index contributed by atoms with van der Waals surface area (Å²) in [7, 11) is 0. The van der Waals surface area contributed by atoms with Crippen molar-refractivity contribution in [2.24, 2.45) is 5.92 Å². The average Bonchev–Trinajstić information content (AvgIpc) is 2.54. The van der Waals surface area contributed by atoms with Gasteiger partial charge < -0.3 is 20.2 Å². The van der Waals surface area contributed by atoms with Crippen LogP contribution in [0.1, 0.15) is 12.8 Å². The molecule has 2 heterocycles. The smallest absolute Gasteiger partial charge is 0.123 e. The zero-order chi connectivity index (χ0) is 16.4. The van der Waals surface area contributed by atoms with Gasteiger partial charge in [0.1, 0.15) is 11.9 Å². The molecule has 6 heteroatoms. The molecule has 3 N–H and O–H groups in total. The van der Waals surface area contributed by atoms with E-state index in [-0.39, 0.29) is 5.82 Å². The van der Waals surface area contributed by atoms with E-state index in [1.54, 1.807) is 0 Å². The Morgan fingerprint density at radius 3 is 2.09 bits per heavy atom. The summed E-state index contributed by atoms with van der Waals surface area (Å²) in [6, 6.07) is 6.61. The van der Waals surface area contributed by atoms with Crippen molar-refractivity contribution in [2.75, 3.05) is 37.6 Å². The summed E-state index contributed by atoms with van der Waals surface area (Å²) >= 11 is 0. The number of aliphatic hydroxyl groups excluding tert-OH is 3. The number of likely N-dealkylation sites (tertiary alicyclic amines) is 1. The van der Waals surface area contributed by atoms with E-state index in [0.29, 0.717) is 19.0 Å². The molecule has 0 saturated carbocycles. The molecule has 0 aliphatic carbocycles. The normalized spacial score (nSPS) is 30.6. The molecule has 0 bridgehead atoms. The zero-order valence-electron chi connectivity index (χ0n) is 13.2. The highest BCUT2D eigenvalue weighted by Gasteiger charge is 2.34. The number of nitrogens with zero attached hydrogens (tertiary/aromatic N) is 2. The van der Waals surface area contributed by atoms with E-state index < -0.39 is 18.3 Å².